The van der Waals surface area contributed by atoms with Gasteiger partial charge in [-0.2, -0.15) is 0 Å². The van der Waals surface area contributed by atoms with Gasteiger partial charge < -0.3 is 5.32 Å². The minimum absolute atomic E-state index is 0.661. The molecule has 4 rings (SSSR count). The van der Waals surface area contributed by atoms with Crippen LogP contribution in [0.1, 0.15) is 5.56 Å². The molecule has 130 valence electrons. The maximum absolute atomic E-state index is 13.1. The Hall–Kier alpha value is -2.90. The fourth-order valence-corrected chi connectivity index (χ4v) is 4.05. The topological polar surface area (TPSA) is 72.7 Å². The molecule has 6 nitrogen and oxygen atoms in total. The van der Waals surface area contributed by atoms with Crippen LogP contribution in [0.15, 0.2) is 72.5 Å². The lowest BCUT2D eigenvalue weighted by atomic mass is 10.1. The van der Waals surface area contributed by atoms with Crippen molar-refractivity contribution in [3.63, 3.8) is 0 Å². The molecule has 0 saturated carbocycles. The summed E-state index contributed by atoms with van der Waals surface area (Å²) in [7, 11) is 0.526. The van der Waals surface area contributed by atoms with Crippen LogP contribution in [0.2, 0.25) is 0 Å². The highest BCUT2D eigenvalue weighted by Crippen LogP contribution is 2.29. The molecule has 3 heterocycles. The Bertz CT molecular complexity index is 1060. The molecule has 1 unspecified atom stereocenters. The van der Waals surface area contributed by atoms with Crippen LogP contribution in [0.25, 0.3) is 22.0 Å². The van der Waals surface area contributed by atoms with Gasteiger partial charge in [0.25, 0.3) is 0 Å². The van der Waals surface area contributed by atoms with Gasteiger partial charge in [-0.1, -0.05) is 12.1 Å². The average molecular weight is 363 g/mol. The number of rotatable bonds is 5. The van der Waals surface area contributed by atoms with Crippen molar-refractivity contribution in [3.8, 4) is 11.1 Å². The number of pyridine rings is 1. The van der Waals surface area contributed by atoms with Crippen molar-refractivity contribution in [3.05, 3.63) is 73.2 Å². The Morgan fingerprint density at radius 2 is 1.92 bits per heavy atom. The zero-order valence-corrected chi connectivity index (χ0v) is 15.0. The minimum atomic E-state index is -1.37. The standard InChI is InChI=1S/C19H17N5OS/c1-20-8-16-12-24(26(25)17-3-2-6-21-11-17)19-7-14(4-5-18(16)19)15-9-22-13-23-10-15/h2-7,9-13,20H,8H2,1H3. The van der Waals surface area contributed by atoms with Crippen molar-refractivity contribution < 1.29 is 4.21 Å². The monoisotopic (exact) mass is 363 g/mol. The molecule has 0 fully saturated rings. The van der Waals surface area contributed by atoms with E-state index >= 15 is 0 Å². The first-order valence-electron chi connectivity index (χ1n) is 8.14. The average Bonchev–Trinajstić information content (AvgIpc) is 3.07. The van der Waals surface area contributed by atoms with Crippen LogP contribution >= 0.6 is 0 Å². The Morgan fingerprint density at radius 3 is 2.65 bits per heavy atom. The number of benzene rings is 1. The van der Waals surface area contributed by atoms with E-state index in [1.165, 1.54) is 6.33 Å². The second-order valence-electron chi connectivity index (χ2n) is 5.81. The van der Waals surface area contributed by atoms with Crippen LogP contribution in [0.3, 0.4) is 0 Å². The molecule has 7 heteroatoms. The zero-order valence-electron chi connectivity index (χ0n) is 14.2. The second-order valence-corrected chi connectivity index (χ2v) is 7.17. The van der Waals surface area contributed by atoms with Crippen molar-refractivity contribution in [2.75, 3.05) is 7.05 Å². The molecular weight excluding hydrogens is 346 g/mol. The summed E-state index contributed by atoms with van der Waals surface area (Å²) in [5.74, 6) is 0. The molecule has 0 bridgehead atoms. The van der Waals surface area contributed by atoms with Gasteiger partial charge in [-0.05, 0) is 36.4 Å². The van der Waals surface area contributed by atoms with E-state index in [2.05, 4.69) is 26.3 Å². The fraction of sp³-hybridized carbons (Fsp3) is 0.105. The summed E-state index contributed by atoms with van der Waals surface area (Å²) < 4.78 is 14.9. The van der Waals surface area contributed by atoms with Gasteiger partial charge in [0, 0.05) is 48.5 Å². The van der Waals surface area contributed by atoms with E-state index in [9.17, 15) is 4.21 Å². The Morgan fingerprint density at radius 1 is 1.08 bits per heavy atom. The lowest BCUT2D eigenvalue weighted by molar-refractivity contribution is 0.678. The van der Waals surface area contributed by atoms with Crippen LogP contribution in [0, 0.1) is 0 Å². The summed E-state index contributed by atoms with van der Waals surface area (Å²) in [6.45, 7) is 0.696. The van der Waals surface area contributed by atoms with Gasteiger partial charge >= 0.3 is 0 Å². The smallest absolute Gasteiger partial charge is 0.158 e. The highest BCUT2D eigenvalue weighted by Gasteiger charge is 2.15. The third-order valence-corrected chi connectivity index (χ3v) is 5.43. The molecule has 0 saturated heterocycles. The lowest BCUT2D eigenvalue weighted by Gasteiger charge is -2.06. The lowest BCUT2D eigenvalue weighted by Crippen LogP contribution is -2.05. The first-order valence-corrected chi connectivity index (χ1v) is 9.25. The van der Waals surface area contributed by atoms with Crippen molar-refractivity contribution in [1.29, 1.82) is 0 Å². The molecule has 1 aromatic carbocycles. The Labute approximate surface area is 153 Å². The summed E-state index contributed by atoms with van der Waals surface area (Å²) in [6.07, 6.45) is 10.3. The highest BCUT2D eigenvalue weighted by atomic mass is 32.2. The van der Waals surface area contributed by atoms with Crippen molar-refractivity contribution in [1.82, 2.24) is 24.2 Å². The molecule has 0 amide bonds. The maximum Gasteiger partial charge on any atom is 0.158 e. The van der Waals surface area contributed by atoms with E-state index in [1.54, 1.807) is 34.8 Å². The van der Waals surface area contributed by atoms with Gasteiger partial charge in [0.2, 0.25) is 0 Å². The van der Waals surface area contributed by atoms with E-state index in [0.717, 1.165) is 27.6 Å². The summed E-state index contributed by atoms with van der Waals surface area (Å²) in [4.78, 5) is 12.9. The summed E-state index contributed by atoms with van der Waals surface area (Å²) >= 11 is 0. The van der Waals surface area contributed by atoms with Crippen molar-refractivity contribution in [2.24, 2.45) is 0 Å². The fourth-order valence-electron chi connectivity index (χ4n) is 2.93. The van der Waals surface area contributed by atoms with Gasteiger partial charge in [0.15, 0.2) is 11.0 Å². The second kappa shape index (κ2) is 7.15. The number of hydrogen-bond acceptors (Lipinski definition) is 5. The molecular formula is C19H17N5OS. The normalized spacial score (nSPS) is 12.3. The minimum Gasteiger partial charge on any atom is -0.316 e. The number of nitrogens with zero attached hydrogens (tertiary/aromatic N) is 4. The molecule has 0 radical (unpaired) electrons. The first-order chi connectivity index (χ1) is 12.8. The van der Waals surface area contributed by atoms with E-state index in [0.29, 0.717) is 11.4 Å². The summed E-state index contributed by atoms with van der Waals surface area (Å²) in [5.41, 5.74) is 3.90. The predicted octanol–water partition coefficient (Wildman–Crippen LogP) is 2.78. The van der Waals surface area contributed by atoms with E-state index in [1.807, 2.05) is 31.4 Å². The molecule has 0 aliphatic rings. The van der Waals surface area contributed by atoms with Crippen molar-refractivity contribution in [2.45, 2.75) is 11.4 Å². The van der Waals surface area contributed by atoms with Gasteiger partial charge in [0.1, 0.15) is 6.33 Å². The summed E-state index contributed by atoms with van der Waals surface area (Å²) in [6, 6.07) is 9.74. The maximum atomic E-state index is 13.1. The van der Waals surface area contributed by atoms with Gasteiger partial charge in [-0.3, -0.25) is 8.96 Å². The SMILES string of the molecule is CNCc1cn(S(=O)c2cccnc2)c2cc(-c3cncnc3)ccc12. The van der Waals surface area contributed by atoms with Crippen LogP contribution in [0.4, 0.5) is 0 Å². The number of fused-ring (bicyclic) bond motifs is 1. The molecule has 0 spiro atoms. The van der Waals surface area contributed by atoms with E-state index in [-0.39, 0.29) is 0 Å². The quantitative estimate of drug-likeness (QED) is 0.590. The molecule has 26 heavy (non-hydrogen) atoms. The molecule has 0 aliphatic carbocycles. The van der Waals surface area contributed by atoms with E-state index < -0.39 is 11.0 Å². The molecule has 4 aromatic rings. The molecule has 3 aromatic heterocycles. The highest BCUT2D eigenvalue weighted by molar-refractivity contribution is 7.83. The predicted molar refractivity (Wildman–Crippen MR) is 102 cm³/mol. The third-order valence-electron chi connectivity index (χ3n) is 4.13. The van der Waals surface area contributed by atoms with Crippen LogP contribution in [-0.4, -0.2) is 30.2 Å². The largest absolute Gasteiger partial charge is 0.316 e. The van der Waals surface area contributed by atoms with Gasteiger partial charge in [0.05, 0.1) is 10.4 Å². The van der Waals surface area contributed by atoms with Crippen molar-refractivity contribution >= 4 is 21.9 Å². The number of aromatic nitrogens is 4. The molecule has 1 atom stereocenters. The van der Waals surface area contributed by atoms with Crippen LogP contribution in [-0.2, 0) is 17.5 Å². The van der Waals surface area contributed by atoms with Gasteiger partial charge in [-0.15, -0.1) is 0 Å². The van der Waals surface area contributed by atoms with Crippen LogP contribution < -0.4 is 5.32 Å². The van der Waals surface area contributed by atoms with Crippen LogP contribution in [0.5, 0.6) is 0 Å². The summed E-state index contributed by atoms with van der Waals surface area (Å²) in [5, 5.41) is 4.24. The number of hydrogen-bond donors (Lipinski definition) is 1. The molecule has 1 N–H and O–H groups in total. The Balaban J connectivity index is 1.89. The zero-order chi connectivity index (χ0) is 17.9. The van der Waals surface area contributed by atoms with Gasteiger partial charge in [-0.25, -0.2) is 14.2 Å². The number of nitrogens with one attached hydrogen (secondary N) is 1. The molecule has 0 aliphatic heterocycles. The Kier molecular flexibility index (Phi) is 4.55. The van der Waals surface area contributed by atoms with E-state index in [4.69, 9.17) is 0 Å². The third kappa shape index (κ3) is 3.02. The first kappa shape index (κ1) is 16.6.